The number of Topliss-reactive ketones (excluding diaryl/α,β-unsaturated/α-hetero) is 1. The largest absolute Gasteiger partial charge is 0.345 e. The first-order chi connectivity index (χ1) is 12.6. The van der Waals surface area contributed by atoms with Gasteiger partial charge < -0.3 is 5.32 Å². The van der Waals surface area contributed by atoms with Crippen LogP contribution in [0.3, 0.4) is 0 Å². The van der Waals surface area contributed by atoms with E-state index < -0.39 is 0 Å². The lowest BCUT2D eigenvalue weighted by molar-refractivity contribution is -0.117. The lowest BCUT2D eigenvalue weighted by Gasteiger charge is -2.08. The van der Waals surface area contributed by atoms with Crippen LogP contribution < -0.4 is 5.32 Å². The highest BCUT2D eigenvalue weighted by molar-refractivity contribution is 5.99. The normalized spacial score (nSPS) is 10.8. The molecule has 1 N–H and O–H groups in total. The number of amides is 1. The monoisotopic (exact) mass is 350 g/mol. The molecule has 0 aliphatic heterocycles. The van der Waals surface area contributed by atoms with E-state index in [4.69, 9.17) is 0 Å². The summed E-state index contributed by atoms with van der Waals surface area (Å²) in [4.78, 5) is 24.6. The number of fused-ring (bicyclic) bond motifs is 1. The predicted octanol–water partition coefficient (Wildman–Crippen LogP) is 2.56. The summed E-state index contributed by atoms with van der Waals surface area (Å²) in [5.41, 5.74) is 4.21. The number of nitrogens with zero attached hydrogens (tertiary/aromatic N) is 3. The fourth-order valence-electron chi connectivity index (χ4n) is 2.98. The number of hydrogen-bond acceptors (Lipinski definition) is 4. The molecule has 0 radical (unpaired) electrons. The van der Waals surface area contributed by atoms with Crippen LogP contribution in [0.15, 0.2) is 42.5 Å². The van der Waals surface area contributed by atoms with E-state index in [1.807, 2.05) is 37.3 Å². The number of aromatic nitrogens is 3. The van der Waals surface area contributed by atoms with Gasteiger partial charge in [0.05, 0.1) is 12.1 Å². The molecule has 0 saturated carbocycles. The minimum absolute atomic E-state index is 0.0105. The third-order valence-electron chi connectivity index (χ3n) is 4.41. The predicted molar refractivity (Wildman–Crippen MR) is 100 cm³/mol. The molecule has 2 aromatic carbocycles. The zero-order valence-corrected chi connectivity index (χ0v) is 15.0. The summed E-state index contributed by atoms with van der Waals surface area (Å²) in [6, 6.07) is 13.1. The van der Waals surface area contributed by atoms with Crippen LogP contribution in [-0.2, 0) is 24.2 Å². The number of carbonyl (C=O) groups excluding carboxylic acids is 2. The molecule has 3 aromatic rings. The van der Waals surface area contributed by atoms with Gasteiger partial charge in [-0.25, -0.2) is 4.68 Å². The van der Waals surface area contributed by atoms with E-state index in [0.717, 1.165) is 29.6 Å². The molecule has 0 unspecified atom stereocenters. The van der Waals surface area contributed by atoms with Crippen LogP contribution in [0.2, 0.25) is 0 Å². The van der Waals surface area contributed by atoms with Gasteiger partial charge in [-0.3, -0.25) is 9.59 Å². The number of ketones is 1. The highest BCUT2D eigenvalue weighted by Crippen LogP contribution is 2.14. The topological polar surface area (TPSA) is 76.9 Å². The van der Waals surface area contributed by atoms with Crippen LogP contribution in [0, 0.1) is 0 Å². The average Bonchev–Trinajstić information content (AvgIpc) is 3.08. The quantitative estimate of drug-likeness (QED) is 0.710. The molecule has 1 heterocycles. The van der Waals surface area contributed by atoms with Crippen molar-refractivity contribution in [2.75, 3.05) is 6.54 Å². The zero-order chi connectivity index (χ0) is 18.5. The molecule has 0 fully saturated rings. The minimum Gasteiger partial charge on any atom is -0.345 e. The zero-order valence-electron chi connectivity index (χ0n) is 15.0. The molecule has 0 aliphatic rings. The number of aryl methyl sites for hydroxylation is 2. The molecule has 0 spiro atoms. The summed E-state index contributed by atoms with van der Waals surface area (Å²) in [7, 11) is 0. The number of hydrogen-bond donors (Lipinski definition) is 1. The van der Waals surface area contributed by atoms with Crippen molar-refractivity contribution in [2.45, 2.75) is 33.2 Å². The second kappa shape index (κ2) is 7.91. The van der Waals surface area contributed by atoms with Gasteiger partial charge in [0.1, 0.15) is 5.52 Å². The Labute approximate surface area is 152 Å². The lowest BCUT2D eigenvalue weighted by Crippen LogP contribution is -2.30. The van der Waals surface area contributed by atoms with E-state index in [-0.39, 0.29) is 18.2 Å². The fraction of sp³-hybridized carbons (Fsp3) is 0.300. The Morgan fingerprint density at radius 1 is 1.08 bits per heavy atom. The van der Waals surface area contributed by atoms with Crippen molar-refractivity contribution in [1.29, 1.82) is 0 Å². The van der Waals surface area contributed by atoms with Gasteiger partial charge in [-0.15, -0.1) is 5.10 Å². The summed E-state index contributed by atoms with van der Waals surface area (Å²) in [6.07, 6.45) is 1.21. The van der Waals surface area contributed by atoms with Gasteiger partial charge in [-0.05, 0) is 42.7 Å². The highest BCUT2D eigenvalue weighted by atomic mass is 16.2. The Morgan fingerprint density at radius 2 is 1.85 bits per heavy atom. The van der Waals surface area contributed by atoms with Crippen LogP contribution in [0.4, 0.5) is 0 Å². The first-order valence-corrected chi connectivity index (χ1v) is 8.82. The maximum absolute atomic E-state index is 12.3. The molecule has 3 rings (SSSR count). The van der Waals surface area contributed by atoms with Gasteiger partial charge in [0, 0.05) is 18.5 Å². The number of carbonyl (C=O) groups is 2. The standard InChI is InChI=1S/C20H22N4O2/c1-3-14-7-5-6-8-15(14)11-17(25)13-21-20(26)16-9-10-19-18(12-16)22-23-24(19)4-2/h5-10,12H,3-4,11,13H2,1-2H3,(H,21,26). The molecule has 6 nitrogen and oxygen atoms in total. The van der Waals surface area contributed by atoms with E-state index >= 15 is 0 Å². The van der Waals surface area contributed by atoms with Crippen molar-refractivity contribution in [3.63, 3.8) is 0 Å². The molecule has 1 aromatic heterocycles. The van der Waals surface area contributed by atoms with Gasteiger partial charge in [0.2, 0.25) is 0 Å². The van der Waals surface area contributed by atoms with Gasteiger partial charge in [-0.2, -0.15) is 0 Å². The van der Waals surface area contributed by atoms with E-state index in [9.17, 15) is 9.59 Å². The fourth-order valence-corrected chi connectivity index (χ4v) is 2.98. The van der Waals surface area contributed by atoms with E-state index in [1.54, 1.807) is 16.8 Å². The summed E-state index contributed by atoms with van der Waals surface area (Å²) < 4.78 is 1.77. The smallest absolute Gasteiger partial charge is 0.251 e. The molecular formula is C20H22N4O2. The van der Waals surface area contributed by atoms with Gasteiger partial charge >= 0.3 is 0 Å². The first kappa shape index (κ1) is 17.8. The number of benzene rings is 2. The van der Waals surface area contributed by atoms with Crippen molar-refractivity contribution >= 4 is 22.7 Å². The summed E-state index contributed by atoms with van der Waals surface area (Å²) in [5.74, 6) is -0.299. The van der Waals surface area contributed by atoms with E-state index in [1.165, 1.54) is 0 Å². The van der Waals surface area contributed by atoms with Crippen molar-refractivity contribution in [2.24, 2.45) is 0 Å². The van der Waals surface area contributed by atoms with Crippen molar-refractivity contribution in [1.82, 2.24) is 20.3 Å². The Bertz CT molecular complexity index is 946. The van der Waals surface area contributed by atoms with E-state index in [0.29, 0.717) is 17.5 Å². The molecule has 0 bridgehead atoms. The molecule has 0 saturated heterocycles. The van der Waals surface area contributed by atoms with Gasteiger partial charge in [-0.1, -0.05) is 36.4 Å². The van der Waals surface area contributed by atoms with E-state index in [2.05, 4.69) is 22.6 Å². The molecule has 26 heavy (non-hydrogen) atoms. The molecular weight excluding hydrogens is 328 g/mol. The second-order valence-corrected chi connectivity index (χ2v) is 6.13. The first-order valence-electron chi connectivity index (χ1n) is 8.82. The lowest BCUT2D eigenvalue weighted by atomic mass is 10.0. The van der Waals surface area contributed by atoms with Crippen LogP contribution in [0.1, 0.15) is 35.3 Å². The summed E-state index contributed by atoms with van der Waals surface area (Å²) in [6.45, 7) is 4.78. The van der Waals surface area contributed by atoms with Gasteiger partial charge in [0.15, 0.2) is 5.78 Å². The minimum atomic E-state index is -0.282. The van der Waals surface area contributed by atoms with Gasteiger partial charge in [0.25, 0.3) is 5.91 Å². The average molecular weight is 350 g/mol. The molecule has 134 valence electrons. The van der Waals surface area contributed by atoms with Crippen LogP contribution in [-0.4, -0.2) is 33.2 Å². The number of nitrogens with one attached hydrogen (secondary N) is 1. The molecule has 0 atom stereocenters. The third kappa shape index (κ3) is 3.79. The Kier molecular flexibility index (Phi) is 5.41. The summed E-state index contributed by atoms with van der Waals surface area (Å²) in [5, 5.41) is 10.8. The SMILES string of the molecule is CCc1ccccc1CC(=O)CNC(=O)c1ccc2c(c1)nnn2CC. The molecule has 0 aliphatic carbocycles. The Morgan fingerprint density at radius 3 is 2.58 bits per heavy atom. The second-order valence-electron chi connectivity index (χ2n) is 6.13. The number of rotatable bonds is 7. The molecule has 6 heteroatoms. The van der Waals surface area contributed by atoms with Crippen LogP contribution in [0.25, 0.3) is 11.0 Å². The van der Waals surface area contributed by atoms with Crippen molar-refractivity contribution < 1.29 is 9.59 Å². The Hall–Kier alpha value is -3.02. The maximum Gasteiger partial charge on any atom is 0.251 e. The third-order valence-corrected chi connectivity index (χ3v) is 4.41. The van der Waals surface area contributed by atoms with Crippen LogP contribution in [0.5, 0.6) is 0 Å². The summed E-state index contributed by atoms with van der Waals surface area (Å²) >= 11 is 0. The van der Waals surface area contributed by atoms with Crippen molar-refractivity contribution in [3.8, 4) is 0 Å². The van der Waals surface area contributed by atoms with Crippen LogP contribution >= 0.6 is 0 Å². The maximum atomic E-state index is 12.3. The Balaban J connectivity index is 1.62. The molecule has 1 amide bonds. The highest BCUT2D eigenvalue weighted by Gasteiger charge is 2.12. The van der Waals surface area contributed by atoms with Crippen molar-refractivity contribution in [3.05, 3.63) is 59.2 Å².